The van der Waals surface area contributed by atoms with Crippen molar-refractivity contribution in [1.29, 1.82) is 0 Å². The summed E-state index contributed by atoms with van der Waals surface area (Å²) in [6.45, 7) is 5.81. The summed E-state index contributed by atoms with van der Waals surface area (Å²) in [6.07, 6.45) is 0. The van der Waals surface area contributed by atoms with Crippen LogP contribution in [0.15, 0.2) is 30.3 Å². The minimum atomic E-state index is 0.0225. The molecule has 2 rings (SSSR count). The summed E-state index contributed by atoms with van der Waals surface area (Å²) < 4.78 is 0. The Balaban J connectivity index is 2.67. The third-order valence-electron chi connectivity index (χ3n) is 3.63. The maximum Gasteiger partial charge on any atom is 0.193 e. The second-order valence-corrected chi connectivity index (χ2v) is 5.23. The first-order chi connectivity index (χ1) is 8.95. The van der Waals surface area contributed by atoms with Gasteiger partial charge in [-0.1, -0.05) is 35.5 Å². The Kier molecular flexibility index (Phi) is 3.58. The molecule has 0 saturated carbocycles. The Labute approximate surface area is 117 Å². The van der Waals surface area contributed by atoms with E-state index in [4.69, 9.17) is 5.73 Å². The molecule has 2 aromatic carbocycles. The summed E-state index contributed by atoms with van der Waals surface area (Å²) in [5.74, 6) is 0.0225. The van der Waals surface area contributed by atoms with Gasteiger partial charge in [0, 0.05) is 16.8 Å². The number of benzene rings is 2. The lowest BCUT2D eigenvalue weighted by atomic mass is 9.92. The number of rotatable bonds is 2. The molecule has 0 heterocycles. The second-order valence-electron chi connectivity index (χ2n) is 4.73. The lowest BCUT2D eigenvalue weighted by molar-refractivity contribution is 0.103. The molecule has 0 spiro atoms. The van der Waals surface area contributed by atoms with Crippen LogP contribution >= 0.6 is 0 Å². The first-order valence-electron chi connectivity index (χ1n) is 6.15. The Bertz CT molecular complexity index is 619. The van der Waals surface area contributed by atoms with Gasteiger partial charge in [0.1, 0.15) is 0 Å². The summed E-state index contributed by atoms with van der Waals surface area (Å²) in [5, 5.41) is 0.787. The molecule has 0 saturated heterocycles. The molecule has 3 heteroatoms. The molecule has 0 unspecified atom stereocenters. The average Bonchev–Trinajstić information content (AvgIpc) is 2.44. The van der Waals surface area contributed by atoms with Gasteiger partial charge in [0.05, 0.1) is 10.2 Å². The van der Waals surface area contributed by atoms with E-state index in [1.165, 1.54) is 0 Å². The molecular formula is C16H16NOSi. The van der Waals surface area contributed by atoms with Crippen molar-refractivity contribution in [2.45, 2.75) is 20.8 Å². The van der Waals surface area contributed by atoms with E-state index in [-0.39, 0.29) is 5.78 Å². The zero-order chi connectivity index (χ0) is 14.2. The van der Waals surface area contributed by atoms with Crippen LogP contribution in [0.5, 0.6) is 0 Å². The van der Waals surface area contributed by atoms with Gasteiger partial charge < -0.3 is 5.73 Å². The topological polar surface area (TPSA) is 43.1 Å². The molecule has 3 radical (unpaired) electrons. The maximum atomic E-state index is 12.6. The van der Waals surface area contributed by atoms with E-state index in [9.17, 15) is 4.79 Å². The highest BCUT2D eigenvalue weighted by Gasteiger charge is 2.19. The summed E-state index contributed by atoms with van der Waals surface area (Å²) >= 11 is 0. The molecule has 95 valence electrons. The fourth-order valence-electron chi connectivity index (χ4n) is 2.20. The smallest absolute Gasteiger partial charge is 0.193 e. The van der Waals surface area contributed by atoms with E-state index < -0.39 is 0 Å². The van der Waals surface area contributed by atoms with Crippen LogP contribution < -0.4 is 10.9 Å². The van der Waals surface area contributed by atoms with Gasteiger partial charge in [0.15, 0.2) is 5.78 Å². The number of carbonyl (C=O) groups is 1. The van der Waals surface area contributed by atoms with E-state index in [1.54, 1.807) is 0 Å². The lowest BCUT2D eigenvalue weighted by Crippen LogP contribution is -2.24. The molecule has 0 aliphatic carbocycles. The highest BCUT2D eigenvalue weighted by molar-refractivity contribution is 6.39. The molecule has 0 atom stereocenters. The van der Waals surface area contributed by atoms with Crippen LogP contribution in [-0.4, -0.2) is 16.0 Å². The van der Waals surface area contributed by atoms with Crippen molar-refractivity contribution >= 4 is 26.9 Å². The van der Waals surface area contributed by atoms with Crippen LogP contribution in [0, 0.1) is 20.8 Å². The van der Waals surface area contributed by atoms with Gasteiger partial charge in [-0.3, -0.25) is 4.79 Å². The molecule has 2 N–H and O–H groups in total. The van der Waals surface area contributed by atoms with Crippen LogP contribution in [0.3, 0.4) is 0 Å². The average molecular weight is 266 g/mol. The van der Waals surface area contributed by atoms with Gasteiger partial charge in [0.25, 0.3) is 0 Å². The number of carbonyl (C=O) groups excluding carboxylic acids is 1. The third-order valence-corrected chi connectivity index (χ3v) is 4.26. The highest BCUT2D eigenvalue weighted by Crippen LogP contribution is 2.23. The van der Waals surface area contributed by atoms with Crippen molar-refractivity contribution in [3.8, 4) is 0 Å². The van der Waals surface area contributed by atoms with Crippen LogP contribution in [0.2, 0.25) is 0 Å². The van der Waals surface area contributed by atoms with Crippen molar-refractivity contribution in [2.75, 3.05) is 5.73 Å². The Morgan fingerprint density at radius 2 is 1.58 bits per heavy atom. The van der Waals surface area contributed by atoms with Gasteiger partial charge in [-0.05, 0) is 37.5 Å². The molecule has 0 amide bonds. The number of nitrogen functional groups attached to an aromatic ring is 1. The van der Waals surface area contributed by atoms with E-state index in [0.29, 0.717) is 11.1 Å². The fourth-order valence-corrected chi connectivity index (χ4v) is 2.63. The van der Waals surface area contributed by atoms with E-state index in [2.05, 4.69) is 10.2 Å². The summed E-state index contributed by atoms with van der Waals surface area (Å²) in [5.41, 5.74) is 11.0. The molecule has 0 aliphatic rings. The van der Waals surface area contributed by atoms with E-state index in [0.717, 1.165) is 27.6 Å². The molecular weight excluding hydrogens is 250 g/mol. The monoisotopic (exact) mass is 266 g/mol. The Morgan fingerprint density at radius 3 is 2.16 bits per heavy atom. The minimum absolute atomic E-state index is 0.0225. The molecule has 2 nitrogen and oxygen atoms in total. The molecule has 19 heavy (non-hydrogen) atoms. The van der Waals surface area contributed by atoms with Gasteiger partial charge in [-0.15, -0.1) is 0 Å². The minimum Gasteiger partial charge on any atom is -0.398 e. The predicted molar refractivity (Wildman–Crippen MR) is 80.3 cm³/mol. The van der Waals surface area contributed by atoms with Crippen molar-refractivity contribution < 1.29 is 4.79 Å². The zero-order valence-corrected chi connectivity index (χ0v) is 12.4. The SMILES string of the molecule is Cc1c(C)c(C(=O)c2ccccc2)c([Si])c(C)c1N. The van der Waals surface area contributed by atoms with Crippen molar-refractivity contribution in [1.82, 2.24) is 0 Å². The van der Waals surface area contributed by atoms with Gasteiger partial charge in [-0.25, -0.2) is 0 Å². The number of anilines is 1. The Hall–Kier alpha value is -1.87. The van der Waals surface area contributed by atoms with Crippen LogP contribution in [0.25, 0.3) is 0 Å². The summed E-state index contributed by atoms with van der Waals surface area (Å²) in [6, 6.07) is 9.29. The predicted octanol–water partition coefficient (Wildman–Crippen LogP) is 2.22. The number of nitrogens with two attached hydrogens (primary N) is 1. The lowest BCUT2D eigenvalue weighted by Gasteiger charge is -2.17. The second kappa shape index (κ2) is 5.01. The van der Waals surface area contributed by atoms with Gasteiger partial charge >= 0.3 is 0 Å². The summed E-state index contributed by atoms with van der Waals surface area (Å²) in [7, 11) is 3.57. The molecule has 2 aromatic rings. The first-order valence-corrected chi connectivity index (χ1v) is 6.65. The molecule has 0 aliphatic heterocycles. The number of ketones is 1. The van der Waals surface area contributed by atoms with Gasteiger partial charge in [-0.2, -0.15) is 0 Å². The van der Waals surface area contributed by atoms with Crippen LogP contribution in [-0.2, 0) is 0 Å². The summed E-state index contributed by atoms with van der Waals surface area (Å²) in [4.78, 5) is 12.6. The van der Waals surface area contributed by atoms with Gasteiger partial charge in [0.2, 0.25) is 0 Å². The standard InChI is InChI=1S/C16H16NOSi/c1-9-10(2)14(17)11(3)16(19)13(9)15(18)12-7-5-4-6-8-12/h4-8H,17H2,1-3H3. The van der Waals surface area contributed by atoms with E-state index >= 15 is 0 Å². The molecule has 0 aromatic heterocycles. The largest absolute Gasteiger partial charge is 0.398 e. The highest BCUT2D eigenvalue weighted by atomic mass is 28.1. The quantitative estimate of drug-likeness (QED) is 0.514. The fraction of sp³-hybridized carbons (Fsp3) is 0.188. The van der Waals surface area contributed by atoms with Crippen LogP contribution in [0.1, 0.15) is 32.6 Å². The Morgan fingerprint density at radius 1 is 1.00 bits per heavy atom. The van der Waals surface area contributed by atoms with Crippen molar-refractivity contribution in [2.24, 2.45) is 0 Å². The van der Waals surface area contributed by atoms with Crippen molar-refractivity contribution in [3.05, 3.63) is 58.1 Å². The van der Waals surface area contributed by atoms with Crippen LogP contribution in [0.4, 0.5) is 5.69 Å². The van der Waals surface area contributed by atoms with Crippen molar-refractivity contribution in [3.63, 3.8) is 0 Å². The normalized spacial score (nSPS) is 10.5. The number of hydrogen-bond acceptors (Lipinski definition) is 2. The molecule has 0 bridgehead atoms. The molecule has 0 fully saturated rings. The third kappa shape index (κ3) is 2.21. The zero-order valence-electron chi connectivity index (χ0n) is 11.4. The first kappa shape index (κ1) is 13.6. The van der Waals surface area contributed by atoms with E-state index in [1.807, 2.05) is 51.1 Å². The maximum absolute atomic E-state index is 12.6. The number of hydrogen-bond donors (Lipinski definition) is 1.